The van der Waals surface area contributed by atoms with Gasteiger partial charge < -0.3 is 14.6 Å². The molecule has 0 spiro atoms. The lowest BCUT2D eigenvalue weighted by atomic mass is 10.4. The summed E-state index contributed by atoms with van der Waals surface area (Å²) in [6.45, 7) is 0. The number of carboxylic acid groups (broad SMARTS) is 1. The SMILES string of the molecule is CN(C)c1ncc(C=Cc2ncc(C(=O)O)s2)n1C. The summed E-state index contributed by atoms with van der Waals surface area (Å²) >= 11 is 1.14. The van der Waals surface area contributed by atoms with Gasteiger partial charge in [-0.2, -0.15) is 0 Å². The molecule has 6 nitrogen and oxygen atoms in total. The Morgan fingerprint density at radius 1 is 1.37 bits per heavy atom. The molecule has 0 aliphatic heterocycles. The van der Waals surface area contributed by atoms with Crippen molar-refractivity contribution in [2.24, 2.45) is 7.05 Å². The molecule has 0 saturated carbocycles. The molecule has 0 fully saturated rings. The molecule has 1 N–H and O–H groups in total. The van der Waals surface area contributed by atoms with E-state index in [9.17, 15) is 4.79 Å². The first-order valence-electron chi connectivity index (χ1n) is 5.55. The molecule has 0 radical (unpaired) electrons. The van der Waals surface area contributed by atoms with Crippen LogP contribution in [0.15, 0.2) is 12.4 Å². The summed E-state index contributed by atoms with van der Waals surface area (Å²) in [7, 11) is 5.78. The predicted molar refractivity (Wildman–Crippen MR) is 75.5 cm³/mol. The van der Waals surface area contributed by atoms with Crippen LogP contribution in [0.5, 0.6) is 0 Å². The van der Waals surface area contributed by atoms with Crippen molar-refractivity contribution in [3.63, 3.8) is 0 Å². The zero-order valence-corrected chi connectivity index (χ0v) is 11.7. The normalized spacial score (nSPS) is 11.1. The molecule has 19 heavy (non-hydrogen) atoms. The van der Waals surface area contributed by atoms with E-state index < -0.39 is 5.97 Å². The van der Waals surface area contributed by atoms with E-state index in [0.717, 1.165) is 23.0 Å². The maximum absolute atomic E-state index is 10.7. The zero-order valence-electron chi connectivity index (χ0n) is 10.9. The van der Waals surface area contributed by atoms with Gasteiger partial charge in [0.05, 0.1) is 18.1 Å². The van der Waals surface area contributed by atoms with Gasteiger partial charge in [0.25, 0.3) is 0 Å². The summed E-state index contributed by atoms with van der Waals surface area (Å²) in [4.78, 5) is 21.2. The fourth-order valence-electron chi connectivity index (χ4n) is 1.60. The summed E-state index contributed by atoms with van der Waals surface area (Å²) in [5, 5.41) is 9.48. The molecule has 100 valence electrons. The van der Waals surface area contributed by atoms with Crippen LogP contribution >= 0.6 is 11.3 Å². The number of carbonyl (C=O) groups is 1. The smallest absolute Gasteiger partial charge is 0.347 e. The average Bonchev–Trinajstić information content (AvgIpc) is 2.93. The topological polar surface area (TPSA) is 71.2 Å². The maximum atomic E-state index is 10.7. The number of anilines is 1. The van der Waals surface area contributed by atoms with Crippen LogP contribution in [0.3, 0.4) is 0 Å². The number of aromatic carboxylic acids is 1. The average molecular weight is 278 g/mol. The van der Waals surface area contributed by atoms with E-state index in [4.69, 9.17) is 5.11 Å². The van der Waals surface area contributed by atoms with Gasteiger partial charge in [0.2, 0.25) is 5.95 Å². The molecular formula is C12H14N4O2S. The third-order valence-electron chi connectivity index (χ3n) is 2.53. The second-order valence-corrected chi connectivity index (χ2v) is 5.20. The lowest BCUT2D eigenvalue weighted by molar-refractivity contribution is 0.0702. The quantitative estimate of drug-likeness (QED) is 0.923. The van der Waals surface area contributed by atoms with Crippen molar-refractivity contribution in [3.05, 3.63) is 28.0 Å². The van der Waals surface area contributed by atoms with E-state index in [1.165, 1.54) is 6.20 Å². The molecule has 0 aliphatic carbocycles. The number of aromatic nitrogens is 3. The standard InChI is InChI=1S/C12H14N4O2S/c1-15(2)12-14-6-8(16(12)3)4-5-10-13-7-9(19-10)11(17)18/h4-7H,1-3H3,(H,17,18). The van der Waals surface area contributed by atoms with E-state index in [1.807, 2.05) is 36.7 Å². The largest absolute Gasteiger partial charge is 0.477 e. The number of carboxylic acids is 1. The van der Waals surface area contributed by atoms with Crippen molar-refractivity contribution in [1.82, 2.24) is 14.5 Å². The van der Waals surface area contributed by atoms with Gasteiger partial charge in [-0.1, -0.05) is 0 Å². The number of nitrogens with zero attached hydrogens (tertiary/aromatic N) is 4. The van der Waals surface area contributed by atoms with E-state index in [1.54, 1.807) is 12.3 Å². The van der Waals surface area contributed by atoms with Gasteiger partial charge in [-0.05, 0) is 12.2 Å². The van der Waals surface area contributed by atoms with Gasteiger partial charge in [-0.15, -0.1) is 11.3 Å². The molecule has 0 atom stereocenters. The van der Waals surface area contributed by atoms with Crippen molar-refractivity contribution in [3.8, 4) is 0 Å². The summed E-state index contributed by atoms with van der Waals surface area (Å²) in [6.07, 6.45) is 6.77. The molecular weight excluding hydrogens is 264 g/mol. The van der Waals surface area contributed by atoms with Crippen LogP contribution in [0, 0.1) is 0 Å². The second kappa shape index (κ2) is 5.23. The highest BCUT2D eigenvalue weighted by Crippen LogP contribution is 2.17. The van der Waals surface area contributed by atoms with Gasteiger partial charge in [-0.25, -0.2) is 14.8 Å². The van der Waals surface area contributed by atoms with Crippen molar-refractivity contribution >= 4 is 35.4 Å². The van der Waals surface area contributed by atoms with Gasteiger partial charge in [0.15, 0.2) is 0 Å². The number of imidazole rings is 1. The number of rotatable bonds is 4. The Hall–Kier alpha value is -2.15. The van der Waals surface area contributed by atoms with Crippen LogP contribution in [-0.2, 0) is 7.05 Å². The minimum absolute atomic E-state index is 0.235. The first kappa shape index (κ1) is 13.3. The molecule has 0 amide bonds. The third-order valence-corrected chi connectivity index (χ3v) is 3.48. The minimum Gasteiger partial charge on any atom is -0.477 e. The lowest BCUT2D eigenvalue weighted by Crippen LogP contribution is -2.14. The highest BCUT2D eigenvalue weighted by Gasteiger charge is 2.08. The molecule has 0 bridgehead atoms. The molecule has 2 aromatic heterocycles. The van der Waals surface area contributed by atoms with Crippen LogP contribution in [0.4, 0.5) is 5.95 Å². The molecule has 0 unspecified atom stereocenters. The van der Waals surface area contributed by atoms with Crippen LogP contribution in [-0.4, -0.2) is 39.7 Å². The molecule has 2 heterocycles. The molecule has 0 aliphatic rings. The Bertz CT molecular complexity index is 627. The Morgan fingerprint density at radius 2 is 2.11 bits per heavy atom. The second-order valence-electron chi connectivity index (χ2n) is 4.14. The van der Waals surface area contributed by atoms with Crippen LogP contribution in [0.1, 0.15) is 20.4 Å². The van der Waals surface area contributed by atoms with Crippen molar-refractivity contribution in [2.75, 3.05) is 19.0 Å². The highest BCUT2D eigenvalue weighted by atomic mass is 32.1. The zero-order chi connectivity index (χ0) is 14.0. The summed E-state index contributed by atoms with van der Waals surface area (Å²) in [5.74, 6) is -0.0995. The summed E-state index contributed by atoms with van der Waals surface area (Å²) in [6, 6.07) is 0. The molecule has 2 rings (SSSR count). The molecule has 2 aromatic rings. The monoisotopic (exact) mass is 278 g/mol. The lowest BCUT2D eigenvalue weighted by Gasteiger charge is -2.11. The molecule has 7 heteroatoms. The summed E-state index contributed by atoms with van der Waals surface area (Å²) < 4.78 is 1.95. The Labute approximate surface area is 114 Å². The van der Waals surface area contributed by atoms with Crippen molar-refractivity contribution in [1.29, 1.82) is 0 Å². The first-order valence-corrected chi connectivity index (χ1v) is 6.37. The number of hydrogen-bond donors (Lipinski definition) is 1. The minimum atomic E-state index is -0.951. The third kappa shape index (κ3) is 2.82. The highest BCUT2D eigenvalue weighted by molar-refractivity contribution is 7.14. The van der Waals surface area contributed by atoms with E-state index in [0.29, 0.717) is 5.01 Å². The van der Waals surface area contributed by atoms with Crippen LogP contribution in [0.25, 0.3) is 12.2 Å². The Balaban J connectivity index is 2.20. The molecule has 0 saturated heterocycles. The van der Waals surface area contributed by atoms with Crippen LogP contribution < -0.4 is 4.90 Å². The van der Waals surface area contributed by atoms with Crippen molar-refractivity contribution < 1.29 is 9.90 Å². The van der Waals surface area contributed by atoms with Crippen molar-refractivity contribution in [2.45, 2.75) is 0 Å². The van der Waals surface area contributed by atoms with Crippen LogP contribution in [0.2, 0.25) is 0 Å². The molecule has 0 aromatic carbocycles. The maximum Gasteiger partial charge on any atom is 0.347 e. The Kier molecular flexibility index (Phi) is 3.66. The Morgan fingerprint density at radius 3 is 2.63 bits per heavy atom. The van der Waals surface area contributed by atoms with E-state index in [2.05, 4.69) is 9.97 Å². The van der Waals surface area contributed by atoms with Gasteiger partial charge in [0.1, 0.15) is 9.88 Å². The predicted octanol–water partition coefficient (Wildman–Crippen LogP) is 1.81. The first-order chi connectivity index (χ1) is 8.99. The summed E-state index contributed by atoms with van der Waals surface area (Å²) in [5.41, 5.74) is 0.927. The number of thiazole rings is 1. The number of hydrogen-bond acceptors (Lipinski definition) is 5. The van der Waals surface area contributed by atoms with Gasteiger partial charge in [-0.3, -0.25) is 0 Å². The fraction of sp³-hybridized carbons (Fsp3) is 0.250. The van der Waals surface area contributed by atoms with E-state index in [-0.39, 0.29) is 4.88 Å². The van der Waals surface area contributed by atoms with Gasteiger partial charge in [0, 0.05) is 21.1 Å². The fourth-order valence-corrected chi connectivity index (χ4v) is 2.26. The van der Waals surface area contributed by atoms with Gasteiger partial charge >= 0.3 is 5.97 Å². The van der Waals surface area contributed by atoms with E-state index >= 15 is 0 Å².